The summed E-state index contributed by atoms with van der Waals surface area (Å²) in [5, 5.41) is 2.94. The van der Waals surface area contributed by atoms with Crippen molar-refractivity contribution in [3.05, 3.63) is 95.3 Å². The zero-order valence-electron chi connectivity index (χ0n) is 23.7. The van der Waals surface area contributed by atoms with Crippen LogP contribution in [0.2, 0.25) is 0 Å². The Hall–Kier alpha value is -3.72. The Labute approximate surface area is 237 Å². The number of nitrogens with one attached hydrogen (secondary N) is 1. The molecular weight excluding hydrogens is 529 g/mol. The second-order valence-corrected chi connectivity index (χ2v) is 11.9. The van der Waals surface area contributed by atoms with Gasteiger partial charge in [-0.1, -0.05) is 61.4 Å². The van der Waals surface area contributed by atoms with Crippen LogP contribution in [0.4, 0.5) is 10.1 Å². The Morgan fingerprint density at radius 3 is 1.93 bits per heavy atom. The quantitative estimate of drug-likeness (QED) is 0.319. The van der Waals surface area contributed by atoms with E-state index in [0.29, 0.717) is 24.1 Å². The summed E-state index contributed by atoms with van der Waals surface area (Å²) in [6, 6.07) is 18.0. The number of aryl methyl sites for hydroxylation is 2. The smallest absolute Gasteiger partial charge is 0.264 e. The van der Waals surface area contributed by atoms with Crippen LogP contribution in [0.3, 0.4) is 0 Å². The van der Waals surface area contributed by atoms with E-state index in [2.05, 4.69) is 5.32 Å². The van der Waals surface area contributed by atoms with E-state index >= 15 is 0 Å². The normalized spacial score (nSPS) is 12.8. The van der Waals surface area contributed by atoms with E-state index in [9.17, 15) is 22.4 Å². The molecule has 0 spiro atoms. The molecule has 0 fully saturated rings. The predicted molar refractivity (Wildman–Crippen MR) is 156 cm³/mol. The van der Waals surface area contributed by atoms with Gasteiger partial charge in [-0.2, -0.15) is 0 Å². The molecule has 214 valence electrons. The molecule has 7 nitrogen and oxygen atoms in total. The van der Waals surface area contributed by atoms with Crippen LogP contribution >= 0.6 is 0 Å². The molecule has 0 aliphatic carbocycles. The molecule has 0 bridgehead atoms. The van der Waals surface area contributed by atoms with Crippen LogP contribution < -0.4 is 9.62 Å². The molecule has 40 heavy (non-hydrogen) atoms. The largest absolute Gasteiger partial charge is 0.352 e. The Morgan fingerprint density at radius 2 is 1.40 bits per heavy atom. The first kappa shape index (κ1) is 30.8. The minimum absolute atomic E-state index is 0.0118. The zero-order chi connectivity index (χ0) is 29.4. The van der Waals surface area contributed by atoms with Crippen molar-refractivity contribution in [2.24, 2.45) is 0 Å². The summed E-state index contributed by atoms with van der Waals surface area (Å²) in [5.74, 6) is -1.29. The van der Waals surface area contributed by atoms with Gasteiger partial charge in [-0.05, 0) is 75.6 Å². The van der Waals surface area contributed by atoms with Crippen LogP contribution in [-0.2, 0) is 26.2 Å². The van der Waals surface area contributed by atoms with E-state index in [1.807, 2.05) is 27.7 Å². The zero-order valence-corrected chi connectivity index (χ0v) is 24.5. The topological polar surface area (TPSA) is 86.8 Å². The van der Waals surface area contributed by atoms with Gasteiger partial charge in [0.15, 0.2) is 0 Å². The summed E-state index contributed by atoms with van der Waals surface area (Å²) < 4.78 is 42.4. The van der Waals surface area contributed by atoms with Gasteiger partial charge in [-0.3, -0.25) is 13.9 Å². The Morgan fingerprint density at radius 1 is 0.850 bits per heavy atom. The van der Waals surface area contributed by atoms with Crippen LogP contribution in [0, 0.1) is 19.7 Å². The third-order valence-electron chi connectivity index (χ3n) is 6.86. The number of amides is 2. The summed E-state index contributed by atoms with van der Waals surface area (Å²) >= 11 is 0. The number of carbonyl (C=O) groups is 2. The van der Waals surface area contributed by atoms with Crippen molar-refractivity contribution in [3.8, 4) is 0 Å². The highest BCUT2D eigenvalue weighted by Crippen LogP contribution is 2.25. The molecule has 1 N–H and O–H groups in total. The second-order valence-electron chi connectivity index (χ2n) is 10.1. The van der Waals surface area contributed by atoms with Crippen LogP contribution in [0.25, 0.3) is 0 Å². The molecule has 0 saturated heterocycles. The van der Waals surface area contributed by atoms with Gasteiger partial charge >= 0.3 is 0 Å². The lowest BCUT2D eigenvalue weighted by Crippen LogP contribution is -2.53. The van der Waals surface area contributed by atoms with Crippen LogP contribution in [-0.4, -0.2) is 43.8 Å². The number of nitrogens with zero attached hydrogens (tertiary/aromatic N) is 2. The highest BCUT2D eigenvalue weighted by atomic mass is 32.2. The maximum atomic E-state index is 14.0. The van der Waals surface area contributed by atoms with Crippen LogP contribution in [0.5, 0.6) is 0 Å². The number of rotatable bonds is 12. The average Bonchev–Trinajstić information content (AvgIpc) is 2.93. The van der Waals surface area contributed by atoms with Crippen molar-refractivity contribution in [1.29, 1.82) is 0 Å². The third kappa shape index (κ3) is 7.69. The molecule has 0 aliphatic heterocycles. The number of sulfonamides is 1. The maximum absolute atomic E-state index is 14.0. The first-order valence-electron chi connectivity index (χ1n) is 13.5. The molecular formula is C31H38FN3O4S. The van der Waals surface area contributed by atoms with Crippen molar-refractivity contribution in [2.45, 2.75) is 71.0 Å². The molecule has 3 aromatic carbocycles. The molecule has 0 heterocycles. The molecule has 0 saturated carbocycles. The van der Waals surface area contributed by atoms with Crippen molar-refractivity contribution in [1.82, 2.24) is 10.2 Å². The molecule has 9 heteroatoms. The van der Waals surface area contributed by atoms with Gasteiger partial charge in [0, 0.05) is 12.6 Å². The average molecular weight is 568 g/mol. The van der Waals surface area contributed by atoms with Crippen LogP contribution in [0.1, 0.15) is 50.3 Å². The van der Waals surface area contributed by atoms with Gasteiger partial charge < -0.3 is 10.2 Å². The second kappa shape index (κ2) is 13.6. The number of benzene rings is 3. The Balaban J connectivity index is 2.04. The highest BCUT2D eigenvalue weighted by Gasteiger charge is 2.34. The molecule has 0 unspecified atom stereocenters. The predicted octanol–water partition coefficient (Wildman–Crippen LogP) is 5.36. The standard InChI is InChI=1S/C31H38FN3O4S/c1-6-24(5)33-31(37)29(7-2)34(20-25-12-14-26(32)15-13-25)30(36)21-35(27-16-8-22(3)9-17-27)40(38,39)28-18-10-23(4)11-19-28/h8-19,24,29H,6-7,20-21H2,1-5H3,(H,33,37)/t24-,29+/m0/s1. The summed E-state index contributed by atoms with van der Waals surface area (Å²) in [5.41, 5.74) is 2.79. The Bertz CT molecular complexity index is 1390. The monoisotopic (exact) mass is 567 g/mol. The van der Waals surface area contributed by atoms with Crippen LogP contribution in [0.15, 0.2) is 77.7 Å². The van der Waals surface area contributed by atoms with E-state index in [0.717, 1.165) is 15.4 Å². The summed E-state index contributed by atoms with van der Waals surface area (Å²) in [6.45, 7) is 8.87. The molecule has 2 atom stereocenters. The fraction of sp³-hybridized carbons (Fsp3) is 0.355. The lowest BCUT2D eigenvalue weighted by molar-refractivity contribution is -0.140. The molecule has 0 radical (unpaired) electrons. The molecule has 2 amide bonds. The Kier molecular flexibility index (Phi) is 10.5. The van der Waals surface area contributed by atoms with Gasteiger partial charge in [0.25, 0.3) is 10.0 Å². The van der Waals surface area contributed by atoms with E-state index in [4.69, 9.17) is 0 Å². The van der Waals surface area contributed by atoms with E-state index in [1.54, 1.807) is 55.5 Å². The van der Waals surface area contributed by atoms with E-state index in [1.165, 1.54) is 29.2 Å². The van der Waals surface area contributed by atoms with Crippen molar-refractivity contribution < 1.29 is 22.4 Å². The fourth-order valence-corrected chi connectivity index (χ4v) is 5.64. The maximum Gasteiger partial charge on any atom is 0.264 e. The lowest BCUT2D eigenvalue weighted by Gasteiger charge is -2.33. The minimum Gasteiger partial charge on any atom is -0.352 e. The summed E-state index contributed by atoms with van der Waals surface area (Å²) in [6.07, 6.45) is 1.02. The number of hydrogen-bond donors (Lipinski definition) is 1. The third-order valence-corrected chi connectivity index (χ3v) is 8.65. The fourth-order valence-electron chi connectivity index (χ4n) is 4.22. The SMILES string of the molecule is CC[C@H](C(=O)N[C@@H](C)CC)N(Cc1ccc(F)cc1)C(=O)CN(c1ccc(C)cc1)S(=O)(=O)c1ccc(C)cc1. The number of halogens is 1. The van der Waals surface area contributed by atoms with Gasteiger partial charge in [0.2, 0.25) is 11.8 Å². The summed E-state index contributed by atoms with van der Waals surface area (Å²) in [4.78, 5) is 28.7. The van der Waals surface area contributed by atoms with Gasteiger partial charge in [-0.15, -0.1) is 0 Å². The number of anilines is 1. The number of carbonyl (C=O) groups excluding carboxylic acids is 2. The first-order valence-corrected chi connectivity index (χ1v) is 14.9. The van der Waals surface area contributed by atoms with Gasteiger partial charge in [0.05, 0.1) is 10.6 Å². The minimum atomic E-state index is -4.13. The molecule has 3 rings (SSSR count). The molecule has 3 aromatic rings. The van der Waals surface area contributed by atoms with Crippen molar-refractivity contribution in [2.75, 3.05) is 10.8 Å². The highest BCUT2D eigenvalue weighted by molar-refractivity contribution is 7.92. The van der Waals surface area contributed by atoms with Gasteiger partial charge in [-0.25, -0.2) is 12.8 Å². The number of hydrogen-bond acceptors (Lipinski definition) is 4. The molecule has 0 aromatic heterocycles. The lowest BCUT2D eigenvalue weighted by atomic mass is 10.1. The van der Waals surface area contributed by atoms with Crippen molar-refractivity contribution in [3.63, 3.8) is 0 Å². The van der Waals surface area contributed by atoms with E-state index < -0.39 is 34.3 Å². The van der Waals surface area contributed by atoms with Crippen molar-refractivity contribution >= 4 is 27.5 Å². The molecule has 0 aliphatic rings. The summed E-state index contributed by atoms with van der Waals surface area (Å²) in [7, 11) is -4.13. The van der Waals surface area contributed by atoms with Gasteiger partial charge in [0.1, 0.15) is 18.4 Å². The van der Waals surface area contributed by atoms with E-state index in [-0.39, 0.29) is 23.4 Å². The first-order chi connectivity index (χ1) is 19.0.